The van der Waals surface area contributed by atoms with Gasteiger partial charge in [-0.25, -0.2) is 9.97 Å². The number of rotatable bonds is 5. The lowest BCUT2D eigenvalue weighted by Crippen LogP contribution is -2.33. The summed E-state index contributed by atoms with van der Waals surface area (Å²) in [5.74, 6) is 2.45. The Kier molecular flexibility index (Phi) is 7.67. The fraction of sp³-hybridized carbons (Fsp3) is 0.0943. The lowest BCUT2D eigenvalue weighted by molar-refractivity contribution is 0.435. The minimum Gasteiger partial charge on any atom is -0.457 e. The largest absolute Gasteiger partial charge is 0.457 e. The van der Waals surface area contributed by atoms with Gasteiger partial charge in [0.05, 0.1) is 16.8 Å². The van der Waals surface area contributed by atoms with Gasteiger partial charge in [-0.15, -0.1) is 0 Å². The summed E-state index contributed by atoms with van der Waals surface area (Å²) in [4.78, 5) is 10.8. The van der Waals surface area contributed by atoms with Crippen LogP contribution in [0.15, 0.2) is 188 Å². The number of nitrogens with zero attached hydrogens (tertiary/aromatic N) is 2. The summed E-state index contributed by atoms with van der Waals surface area (Å²) in [5, 5.41) is 0. The average molecular weight is 719 g/mol. The Morgan fingerprint density at radius 2 is 1.16 bits per heavy atom. The molecule has 2 heterocycles. The molecule has 0 bridgehead atoms. The maximum Gasteiger partial charge on any atom is 0.160 e. The molecule has 1 aromatic heterocycles. The number of aromatic nitrogens is 2. The van der Waals surface area contributed by atoms with Crippen LogP contribution in [-0.4, -0.2) is 9.97 Å². The van der Waals surface area contributed by atoms with E-state index in [1.165, 1.54) is 44.5 Å². The zero-order valence-corrected chi connectivity index (χ0v) is 31.0. The Morgan fingerprint density at radius 1 is 0.482 bits per heavy atom. The fourth-order valence-electron chi connectivity index (χ4n) is 9.36. The molecule has 3 nitrogen and oxygen atoms in total. The van der Waals surface area contributed by atoms with Crippen molar-refractivity contribution < 1.29 is 4.74 Å². The maximum atomic E-state index is 6.76. The average Bonchev–Trinajstić information content (AvgIpc) is 3.57. The Labute approximate surface area is 327 Å². The fourth-order valence-corrected chi connectivity index (χ4v) is 9.36. The summed E-state index contributed by atoms with van der Waals surface area (Å²) in [6.45, 7) is 0. The smallest absolute Gasteiger partial charge is 0.160 e. The Morgan fingerprint density at radius 3 is 1.98 bits per heavy atom. The van der Waals surface area contributed by atoms with Crippen LogP contribution in [0.1, 0.15) is 53.5 Å². The normalized spacial score (nSPS) is 17.5. The minimum absolute atomic E-state index is 0.524. The van der Waals surface area contributed by atoms with E-state index >= 15 is 0 Å². The molecule has 0 radical (unpaired) electrons. The molecule has 0 saturated carbocycles. The van der Waals surface area contributed by atoms with Crippen molar-refractivity contribution in [3.05, 3.63) is 215 Å². The summed E-state index contributed by atoms with van der Waals surface area (Å²) < 4.78 is 6.76. The highest BCUT2D eigenvalue weighted by atomic mass is 16.5. The van der Waals surface area contributed by atoms with Crippen LogP contribution in [0.25, 0.3) is 56.2 Å². The van der Waals surface area contributed by atoms with Gasteiger partial charge in [0.2, 0.25) is 0 Å². The van der Waals surface area contributed by atoms with E-state index in [1.54, 1.807) is 0 Å². The number of fused-ring (bicyclic) bond motifs is 8. The molecule has 7 aromatic rings. The van der Waals surface area contributed by atoms with Gasteiger partial charge in [0.1, 0.15) is 11.5 Å². The SMILES string of the molecule is C1=CCCC(c2cccc(-c3cc(-c4cccc(-c5ccccc5)c4)nc(-c4ccc5c(c4)C4(C6=C(CCC=C6)c6ccccc64)c4ccccc4O5)n3)c2)=C1. The van der Waals surface area contributed by atoms with Crippen molar-refractivity contribution in [3.63, 3.8) is 0 Å². The zero-order valence-electron chi connectivity index (χ0n) is 31.0. The van der Waals surface area contributed by atoms with E-state index in [9.17, 15) is 0 Å². The molecule has 4 aliphatic rings. The van der Waals surface area contributed by atoms with Gasteiger partial charge in [-0.2, -0.15) is 0 Å². The van der Waals surface area contributed by atoms with Crippen molar-refractivity contribution in [2.45, 2.75) is 31.1 Å². The molecule has 0 fully saturated rings. The van der Waals surface area contributed by atoms with Crippen LogP contribution >= 0.6 is 0 Å². The van der Waals surface area contributed by atoms with Gasteiger partial charge < -0.3 is 4.74 Å². The third-order valence-corrected chi connectivity index (χ3v) is 11.9. The van der Waals surface area contributed by atoms with Crippen LogP contribution in [0.3, 0.4) is 0 Å². The van der Waals surface area contributed by atoms with E-state index in [0.717, 1.165) is 76.4 Å². The molecule has 3 heteroatoms. The summed E-state index contributed by atoms with van der Waals surface area (Å²) in [7, 11) is 0. The molecule has 11 rings (SSSR count). The third-order valence-electron chi connectivity index (χ3n) is 11.9. The first-order valence-electron chi connectivity index (χ1n) is 19.7. The van der Waals surface area contributed by atoms with Gasteiger partial charge in [0.25, 0.3) is 0 Å². The summed E-state index contributed by atoms with van der Waals surface area (Å²) in [5.41, 5.74) is 16.9. The lowest BCUT2D eigenvalue weighted by Gasteiger charge is -2.40. The van der Waals surface area contributed by atoms with E-state index in [4.69, 9.17) is 14.7 Å². The third kappa shape index (κ3) is 5.19. The van der Waals surface area contributed by atoms with Crippen LogP contribution < -0.4 is 4.74 Å². The quantitative estimate of drug-likeness (QED) is 0.178. The molecule has 0 amide bonds. The van der Waals surface area contributed by atoms with E-state index in [1.807, 2.05) is 0 Å². The van der Waals surface area contributed by atoms with E-state index < -0.39 is 5.41 Å². The highest BCUT2D eigenvalue weighted by molar-refractivity contribution is 5.91. The Balaban J connectivity index is 1.13. The van der Waals surface area contributed by atoms with E-state index in [-0.39, 0.29) is 0 Å². The first-order valence-corrected chi connectivity index (χ1v) is 19.7. The number of benzene rings is 6. The van der Waals surface area contributed by atoms with Crippen LogP contribution in [-0.2, 0) is 5.41 Å². The molecule has 0 saturated heterocycles. The molecule has 1 unspecified atom stereocenters. The van der Waals surface area contributed by atoms with Crippen molar-refractivity contribution in [2.24, 2.45) is 0 Å². The summed E-state index contributed by atoms with van der Waals surface area (Å²) in [6, 6.07) is 54.3. The second kappa shape index (κ2) is 13.2. The topological polar surface area (TPSA) is 35.0 Å². The molecule has 266 valence electrons. The molecule has 3 aliphatic carbocycles. The van der Waals surface area contributed by atoms with Crippen molar-refractivity contribution in [3.8, 4) is 56.5 Å². The molecule has 0 N–H and O–H groups in total. The first kappa shape index (κ1) is 32.6. The Bertz CT molecular complexity index is 2840. The highest BCUT2D eigenvalue weighted by Gasteiger charge is 2.51. The van der Waals surface area contributed by atoms with Gasteiger partial charge >= 0.3 is 0 Å². The van der Waals surface area contributed by atoms with Crippen molar-refractivity contribution in [1.82, 2.24) is 9.97 Å². The predicted molar refractivity (Wildman–Crippen MR) is 228 cm³/mol. The number of ether oxygens (including phenoxy) is 1. The number of hydrogen-bond donors (Lipinski definition) is 0. The molecular weight excluding hydrogens is 681 g/mol. The molecule has 1 aliphatic heterocycles. The standard InChI is InChI=1S/C53H38N2O/c1-3-15-35(16-4-1)37-19-13-21-39(31-37)48-34-49(40-22-14-20-38(32-40)36-17-5-2-6-18-36)55-52(54-48)41-29-30-51-47(33-41)53(46-27-11-12-28-50(46)56-51)44-25-9-7-23-42(44)43-24-8-10-26-45(43)53/h1-5,7,9-17,19-23,25-34H,6,8,18,24H2. The predicted octanol–water partition coefficient (Wildman–Crippen LogP) is 13.4. The van der Waals surface area contributed by atoms with E-state index in [0.29, 0.717) is 5.82 Å². The molecule has 1 atom stereocenters. The maximum absolute atomic E-state index is 6.76. The van der Waals surface area contributed by atoms with Gasteiger partial charge in [-0.05, 0) is 113 Å². The Hall–Kier alpha value is -6.84. The minimum atomic E-state index is -0.524. The van der Waals surface area contributed by atoms with Crippen molar-refractivity contribution in [2.75, 3.05) is 0 Å². The number of para-hydroxylation sites is 1. The second-order valence-corrected chi connectivity index (χ2v) is 15.1. The summed E-state index contributed by atoms with van der Waals surface area (Å²) >= 11 is 0. The van der Waals surface area contributed by atoms with Crippen LogP contribution in [0.4, 0.5) is 0 Å². The van der Waals surface area contributed by atoms with Crippen LogP contribution in [0.5, 0.6) is 11.5 Å². The molecule has 56 heavy (non-hydrogen) atoms. The molecular formula is C53H38N2O. The van der Waals surface area contributed by atoms with Crippen molar-refractivity contribution in [1.29, 1.82) is 0 Å². The number of allylic oxidation sites excluding steroid dienone is 8. The van der Waals surface area contributed by atoms with Crippen LogP contribution in [0.2, 0.25) is 0 Å². The van der Waals surface area contributed by atoms with Gasteiger partial charge in [-0.1, -0.05) is 140 Å². The summed E-state index contributed by atoms with van der Waals surface area (Å²) in [6.07, 6.45) is 15.5. The van der Waals surface area contributed by atoms with Gasteiger partial charge in [-0.3, -0.25) is 0 Å². The molecule has 6 aromatic carbocycles. The lowest BCUT2D eigenvalue weighted by atomic mass is 9.64. The van der Waals surface area contributed by atoms with Gasteiger partial charge in [0.15, 0.2) is 5.82 Å². The van der Waals surface area contributed by atoms with Crippen molar-refractivity contribution >= 4 is 11.1 Å². The highest BCUT2D eigenvalue weighted by Crippen LogP contribution is 2.62. The molecule has 1 spiro atoms. The zero-order chi connectivity index (χ0) is 37.1. The first-order chi connectivity index (χ1) is 27.7. The van der Waals surface area contributed by atoms with Crippen LogP contribution in [0, 0.1) is 0 Å². The second-order valence-electron chi connectivity index (χ2n) is 15.1. The monoisotopic (exact) mass is 718 g/mol. The van der Waals surface area contributed by atoms with E-state index in [2.05, 4.69) is 182 Å². The number of hydrogen-bond acceptors (Lipinski definition) is 3. The van der Waals surface area contributed by atoms with Gasteiger partial charge in [0, 0.05) is 27.8 Å².